The fourth-order valence-electron chi connectivity index (χ4n) is 2.66. The van der Waals surface area contributed by atoms with Crippen molar-refractivity contribution >= 4 is 23.0 Å². The number of nitrogens with zero attached hydrogens (tertiary/aromatic N) is 1. The molecule has 1 saturated heterocycles. The maximum atomic E-state index is 11.9. The maximum absolute atomic E-state index is 11.9. The molecule has 1 fully saturated rings. The van der Waals surface area contributed by atoms with Gasteiger partial charge in [0.25, 0.3) is 0 Å². The highest BCUT2D eigenvalue weighted by atomic mass is 16.5. The van der Waals surface area contributed by atoms with Gasteiger partial charge in [-0.05, 0) is 31.4 Å². The first-order valence-corrected chi connectivity index (χ1v) is 7.55. The van der Waals surface area contributed by atoms with Gasteiger partial charge in [-0.25, -0.2) is 9.78 Å². The molecule has 0 saturated carbocycles. The van der Waals surface area contributed by atoms with Gasteiger partial charge in [-0.1, -0.05) is 12.1 Å². The number of rotatable bonds is 5. The van der Waals surface area contributed by atoms with E-state index in [1.54, 1.807) is 0 Å². The minimum absolute atomic E-state index is 0.291. The van der Waals surface area contributed by atoms with Crippen LogP contribution in [0.2, 0.25) is 0 Å². The number of nitrogens with one attached hydrogen (secondary N) is 1. The van der Waals surface area contributed by atoms with Crippen molar-refractivity contribution in [2.45, 2.75) is 38.4 Å². The average molecular weight is 318 g/mol. The predicted octanol–water partition coefficient (Wildman–Crippen LogP) is 1.43. The quantitative estimate of drug-likeness (QED) is 0.864. The third-order valence-electron chi connectivity index (χ3n) is 3.89. The van der Waals surface area contributed by atoms with Crippen molar-refractivity contribution in [1.82, 2.24) is 10.3 Å². The van der Waals surface area contributed by atoms with E-state index in [1.807, 2.05) is 25.1 Å². The molecule has 2 heterocycles. The first-order chi connectivity index (χ1) is 11.0. The number of carbonyl (C=O) groups excluding carboxylic acids is 1. The number of oxazole rings is 1. The van der Waals surface area contributed by atoms with E-state index in [0.29, 0.717) is 31.7 Å². The summed E-state index contributed by atoms with van der Waals surface area (Å²) in [5.74, 6) is -0.756. The monoisotopic (exact) mass is 318 g/mol. The van der Waals surface area contributed by atoms with Crippen molar-refractivity contribution in [2.24, 2.45) is 0 Å². The first-order valence-electron chi connectivity index (χ1n) is 7.55. The molecule has 2 atom stereocenters. The Morgan fingerprint density at radius 3 is 2.83 bits per heavy atom. The Balaban J connectivity index is 1.51. The van der Waals surface area contributed by atoms with E-state index < -0.39 is 18.2 Å². The molecule has 1 aliphatic heterocycles. The van der Waals surface area contributed by atoms with Crippen molar-refractivity contribution < 1.29 is 23.8 Å². The molecular weight excluding hydrogens is 300 g/mol. The highest BCUT2D eigenvalue weighted by Crippen LogP contribution is 2.20. The highest BCUT2D eigenvalue weighted by molar-refractivity contribution is 5.82. The van der Waals surface area contributed by atoms with E-state index in [9.17, 15) is 9.59 Å². The SMILES string of the molecule is Cc1cccc2oc(CCNC(=O)[C@@H]3CC[C@H](C(=O)O)O3)nc12. The van der Waals surface area contributed by atoms with E-state index in [2.05, 4.69) is 10.3 Å². The van der Waals surface area contributed by atoms with Gasteiger partial charge in [-0.2, -0.15) is 0 Å². The highest BCUT2D eigenvalue weighted by Gasteiger charge is 2.34. The molecule has 122 valence electrons. The Hall–Kier alpha value is -2.41. The van der Waals surface area contributed by atoms with Crippen molar-refractivity contribution in [3.05, 3.63) is 29.7 Å². The number of ether oxygens (including phenoxy) is 1. The summed E-state index contributed by atoms with van der Waals surface area (Å²) in [6.45, 7) is 2.33. The van der Waals surface area contributed by atoms with Crippen LogP contribution in [0.3, 0.4) is 0 Å². The number of para-hydroxylation sites is 1. The number of fused-ring (bicyclic) bond motifs is 1. The zero-order valence-electron chi connectivity index (χ0n) is 12.7. The molecule has 0 aliphatic carbocycles. The molecule has 0 radical (unpaired) electrons. The summed E-state index contributed by atoms with van der Waals surface area (Å²) in [7, 11) is 0. The van der Waals surface area contributed by atoms with Gasteiger partial charge < -0.3 is 19.6 Å². The lowest BCUT2D eigenvalue weighted by Crippen LogP contribution is -2.36. The number of aryl methyl sites for hydroxylation is 1. The van der Waals surface area contributed by atoms with Crippen LogP contribution in [-0.2, 0) is 20.7 Å². The van der Waals surface area contributed by atoms with Crippen molar-refractivity contribution in [3.63, 3.8) is 0 Å². The van der Waals surface area contributed by atoms with E-state index >= 15 is 0 Å². The van der Waals surface area contributed by atoms with Gasteiger partial charge >= 0.3 is 5.97 Å². The van der Waals surface area contributed by atoms with Crippen LogP contribution in [0.25, 0.3) is 11.1 Å². The van der Waals surface area contributed by atoms with Gasteiger partial charge in [0.2, 0.25) is 5.91 Å². The number of carboxylic acids is 1. The summed E-state index contributed by atoms with van der Waals surface area (Å²) >= 11 is 0. The Kier molecular flexibility index (Phi) is 4.29. The third-order valence-corrected chi connectivity index (χ3v) is 3.89. The van der Waals surface area contributed by atoms with Gasteiger partial charge in [0.15, 0.2) is 17.6 Å². The number of amides is 1. The summed E-state index contributed by atoms with van der Waals surface area (Å²) in [5, 5.41) is 11.6. The predicted molar refractivity (Wildman–Crippen MR) is 81.0 cm³/mol. The summed E-state index contributed by atoms with van der Waals surface area (Å²) in [4.78, 5) is 27.2. The van der Waals surface area contributed by atoms with Crippen LogP contribution in [0.5, 0.6) is 0 Å². The van der Waals surface area contributed by atoms with Crippen LogP contribution < -0.4 is 5.32 Å². The van der Waals surface area contributed by atoms with Crippen LogP contribution in [0.4, 0.5) is 0 Å². The Morgan fingerprint density at radius 1 is 1.35 bits per heavy atom. The van der Waals surface area contributed by atoms with Crippen LogP contribution in [0.1, 0.15) is 24.3 Å². The minimum atomic E-state index is -1.03. The number of hydrogen-bond donors (Lipinski definition) is 2. The molecule has 2 N–H and O–H groups in total. The van der Waals surface area contributed by atoms with Crippen LogP contribution in [-0.4, -0.2) is 40.7 Å². The second kappa shape index (κ2) is 6.37. The lowest BCUT2D eigenvalue weighted by atomic mass is 10.2. The number of hydrogen-bond acceptors (Lipinski definition) is 5. The van der Waals surface area contributed by atoms with Crippen molar-refractivity contribution in [1.29, 1.82) is 0 Å². The van der Waals surface area contributed by atoms with Gasteiger partial charge in [0.05, 0.1) is 0 Å². The Morgan fingerprint density at radius 2 is 2.13 bits per heavy atom. The minimum Gasteiger partial charge on any atom is -0.479 e. The number of aromatic nitrogens is 1. The van der Waals surface area contributed by atoms with Gasteiger partial charge in [0, 0.05) is 13.0 Å². The van der Waals surface area contributed by atoms with Gasteiger partial charge in [-0.15, -0.1) is 0 Å². The smallest absolute Gasteiger partial charge is 0.332 e. The molecule has 1 aromatic carbocycles. The molecule has 1 amide bonds. The maximum Gasteiger partial charge on any atom is 0.332 e. The molecule has 7 nitrogen and oxygen atoms in total. The molecule has 7 heteroatoms. The second-order valence-corrected chi connectivity index (χ2v) is 5.60. The fraction of sp³-hybridized carbons (Fsp3) is 0.438. The molecule has 1 aromatic heterocycles. The molecule has 0 unspecified atom stereocenters. The van der Waals surface area contributed by atoms with Crippen LogP contribution in [0, 0.1) is 6.92 Å². The number of carboxylic acid groups (broad SMARTS) is 1. The lowest BCUT2D eigenvalue weighted by molar-refractivity contribution is -0.151. The average Bonchev–Trinajstić information content (AvgIpc) is 3.14. The van der Waals surface area contributed by atoms with E-state index in [1.165, 1.54) is 0 Å². The molecule has 0 bridgehead atoms. The third kappa shape index (κ3) is 3.34. The lowest BCUT2D eigenvalue weighted by Gasteiger charge is -2.11. The number of benzene rings is 1. The number of aliphatic carboxylic acids is 1. The van der Waals surface area contributed by atoms with Gasteiger partial charge in [0.1, 0.15) is 11.6 Å². The molecular formula is C16H18N2O5. The normalized spacial score (nSPS) is 20.7. The zero-order chi connectivity index (χ0) is 16.4. The zero-order valence-corrected chi connectivity index (χ0v) is 12.7. The second-order valence-electron chi connectivity index (χ2n) is 5.60. The first kappa shape index (κ1) is 15.5. The van der Waals surface area contributed by atoms with E-state index in [-0.39, 0.29) is 5.91 Å². The summed E-state index contributed by atoms with van der Waals surface area (Å²) in [5.41, 5.74) is 2.60. The van der Waals surface area contributed by atoms with Crippen molar-refractivity contribution in [3.8, 4) is 0 Å². The van der Waals surface area contributed by atoms with Gasteiger partial charge in [-0.3, -0.25) is 4.79 Å². The summed E-state index contributed by atoms with van der Waals surface area (Å²) in [6.07, 6.45) is -0.328. The molecule has 2 aromatic rings. The number of carbonyl (C=O) groups is 2. The summed E-state index contributed by atoms with van der Waals surface area (Å²) < 4.78 is 10.8. The Bertz CT molecular complexity index is 739. The van der Waals surface area contributed by atoms with Crippen molar-refractivity contribution in [2.75, 3.05) is 6.54 Å². The fourth-order valence-corrected chi connectivity index (χ4v) is 2.66. The largest absolute Gasteiger partial charge is 0.479 e. The van der Waals surface area contributed by atoms with E-state index in [0.717, 1.165) is 16.7 Å². The molecule has 1 aliphatic rings. The molecule has 23 heavy (non-hydrogen) atoms. The van der Waals surface area contributed by atoms with Crippen LogP contribution >= 0.6 is 0 Å². The molecule has 0 spiro atoms. The van der Waals surface area contributed by atoms with E-state index in [4.69, 9.17) is 14.3 Å². The molecule has 3 rings (SSSR count). The van der Waals surface area contributed by atoms with Crippen LogP contribution in [0.15, 0.2) is 22.6 Å². The topological polar surface area (TPSA) is 102 Å². The summed E-state index contributed by atoms with van der Waals surface area (Å²) in [6, 6.07) is 5.73. The Labute approximate surface area is 132 Å². The standard InChI is InChI=1S/C16H18N2O5/c1-9-3-2-4-10-14(9)18-13(23-10)7-8-17-15(19)11-5-6-12(22-11)16(20)21/h2-4,11-12H,5-8H2,1H3,(H,17,19)(H,20,21)/t11-,12+/m0/s1.